The minimum Gasteiger partial charge on any atom is -0.486 e. The second-order valence-corrected chi connectivity index (χ2v) is 6.52. The van der Waals surface area contributed by atoms with Crippen LogP contribution < -0.4 is 10.3 Å². The van der Waals surface area contributed by atoms with E-state index in [1.54, 1.807) is 6.92 Å². The molecule has 0 saturated heterocycles. The zero-order chi connectivity index (χ0) is 21.0. The molecule has 7 heteroatoms. The average Bonchev–Trinajstić information content (AvgIpc) is 2.69. The summed E-state index contributed by atoms with van der Waals surface area (Å²) in [5.41, 5.74) is 2.72. The summed E-state index contributed by atoms with van der Waals surface area (Å²) in [7, 11) is 0. The minimum atomic E-state index is -0.709. The van der Waals surface area contributed by atoms with Gasteiger partial charge in [-0.3, -0.25) is 4.79 Å². The van der Waals surface area contributed by atoms with Crippen molar-refractivity contribution >= 4 is 5.97 Å². The van der Waals surface area contributed by atoms with Crippen LogP contribution in [0.1, 0.15) is 34.1 Å². The van der Waals surface area contributed by atoms with Gasteiger partial charge in [-0.2, -0.15) is 9.78 Å². The van der Waals surface area contributed by atoms with Crippen molar-refractivity contribution in [1.29, 1.82) is 0 Å². The number of carbonyl (C=O) groups excluding carboxylic acids is 1. The number of aryl methyl sites for hydroxylation is 2. The van der Waals surface area contributed by atoms with E-state index in [4.69, 9.17) is 9.47 Å². The third-order valence-corrected chi connectivity index (χ3v) is 4.32. The van der Waals surface area contributed by atoms with E-state index in [2.05, 4.69) is 5.10 Å². The van der Waals surface area contributed by atoms with Crippen molar-refractivity contribution in [3.63, 3.8) is 0 Å². The molecule has 3 aromatic rings. The quantitative estimate of drug-likeness (QED) is 0.594. The van der Waals surface area contributed by atoms with Crippen molar-refractivity contribution in [1.82, 2.24) is 9.78 Å². The van der Waals surface area contributed by atoms with E-state index < -0.39 is 17.3 Å². The first-order valence-corrected chi connectivity index (χ1v) is 9.15. The van der Waals surface area contributed by atoms with E-state index in [0.29, 0.717) is 5.69 Å². The maximum absolute atomic E-state index is 13.2. The van der Waals surface area contributed by atoms with Crippen LogP contribution in [-0.4, -0.2) is 22.4 Å². The zero-order valence-corrected chi connectivity index (χ0v) is 16.4. The lowest BCUT2D eigenvalue weighted by Crippen LogP contribution is -2.25. The number of rotatable bonds is 6. The van der Waals surface area contributed by atoms with Gasteiger partial charge >= 0.3 is 5.97 Å². The molecule has 0 spiro atoms. The lowest BCUT2D eigenvalue weighted by atomic mass is 10.1. The summed E-state index contributed by atoms with van der Waals surface area (Å²) in [5, 5.41) is 4.13. The van der Waals surface area contributed by atoms with E-state index >= 15 is 0 Å². The SMILES string of the molecule is CCOC(=O)c1nn(-c2ccc(F)cc2)c(=O)cc1OCc1cc(C)ccc1C. The van der Waals surface area contributed by atoms with Gasteiger partial charge < -0.3 is 9.47 Å². The average molecular weight is 396 g/mol. The third kappa shape index (κ3) is 4.68. The molecule has 0 unspecified atom stereocenters. The number of nitrogens with zero attached hydrogens (tertiary/aromatic N) is 2. The molecule has 0 aliphatic heterocycles. The van der Waals surface area contributed by atoms with Gasteiger partial charge in [0.25, 0.3) is 5.56 Å². The van der Waals surface area contributed by atoms with Crippen LogP contribution in [0.25, 0.3) is 5.69 Å². The van der Waals surface area contributed by atoms with Gasteiger partial charge in [-0.25, -0.2) is 9.18 Å². The van der Waals surface area contributed by atoms with Crippen molar-refractivity contribution < 1.29 is 18.7 Å². The molecule has 1 heterocycles. The van der Waals surface area contributed by atoms with Gasteiger partial charge in [0.1, 0.15) is 12.4 Å². The number of aromatic nitrogens is 2. The maximum atomic E-state index is 13.2. The Morgan fingerprint density at radius 1 is 1.10 bits per heavy atom. The van der Waals surface area contributed by atoms with Crippen molar-refractivity contribution in [2.45, 2.75) is 27.4 Å². The monoisotopic (exact) mass is 396 g/mol. The predicted molar refractivity (Wildman–Crippen MR) is 106 cm³/mol. The van der Waals surface area contributed by atoms with Gasteiger partial charge in [-0.1, -0.05) is 23.8 Å². The van der Waals surface area contributed by atoms with Crippen molar-refractivity contribution in [2.24, 2.45) is 0 Å². The molecule has 1 aromatic heterocycles. The van der Waals surface area contributed by atoms with Crippen LogP contribution >= 0.6 is 0 Å². The smallest absolute Gasteiger partial charge is 0.362 e. The Kier molecular flexibility index (Phi) is 6.07. The molecule has 0 N–H and O–H groups in total. The Morgan fingerprint density at radius 3 is 2.52 bits per heavy atom. The van der Waals surface area contributed by atoms with E-state index in [9.17, 15) is 14.0 Å². The van der Waals surface area contributed by atoms with Crippen molar-refractivity contribution in [2.75, 3.05) is 6.61 Å². The molecule has 0 bridgehead atoms. The summed E-state index contributed by atoms with van der Waals surface area (Å²) in [6, 6.07) is 12.3. The Balaban J connectivity index is 2.00. The van der Waals surface area contributed by atoms with Crippen molar-refractivity contribution in [3.05, 3.63) is 87.1 Å². The maximum Gasteiger partial charge on any atom is 0.362 e. The van der Waals surface area contributed by atoms with E-state index in [1.807, 2.05) is 32.0 Å². The predicted octanol–water partition coefficient (Wildman–Crippen LogP) is 3.74. The Bertz CT molecular complexity index is 1090. The normalized spacial score (nSPS) is 10.6. The summed E-state index contributed by atoms with van der Waals surface area (Å²) in [5.74, 6) is -1.12. The summed E-state index contributed by atoms with van der Waals surface area (Å²) in [6.07, 6.45) is 0. The molecular weight excluding hydrogens is 375 g/mol. The highest BCUT2D eigenvalue weighted by Gasteiger charge is 2.20. The topological polar surface area (TPSA) is 70.4 Å². The number of esters is 1. The van der Waals surface area contributed by atoms with Crippen LogP contribution in [0, 0.1) is 19.7 Å². The zero-order valence-electron chi connectivity index (χ0n) is 16.4. The highest BCUT2D eigenvalue weighted by Crippen LogP contribution is 2.20. The number of hydrogen-bond acceptors (Lipinski definition) is 5. The molecule has 0 amide bonds. The van der Waals surface area contributed by atoms with Gasteiger partial charge in [0.05, 0.1) is 18.4 Å². The van der Waals surface area contributed by atoms with E-state index in [0.717, 1.165) is 21.4 Å². The fourth-order valence-electron chi connectivity index (χ4n) is 2.77. The lowest BCUT2D eigenvalue weighted by molar-refractivity contribution is 0.0511. The number of hydrogen-bond donors (Lipinski definition) is 0. The largest absolute Gasteiger partial charge is 0.486 e. The van der Waals surface area contributed by atoms with Gasteiger partial charge in [0, 0.05) is 0 Å². The summed E-state index contributed by atoms with van der Waals surface area (Å²) in [4.78, 5) is 25.0. The first-order chi connectivity index (χ1) is 13.9. The molecule has 0 atom stereocenters. The van der Waals surface area contributed by atoms with Gasteiger partial charge in [-0.05, 0) is 56.2 Å². The Hall–Kier alpha value is -3.48. The lowest BCUT2D eigenvalue weighted by Gasteiger charge is -2.14. The molecule has 3 rings (SSSR count). The fourth-order valence-corrected chi connectivity index (χ4v) is 2.77. The van der Waals surface area contributed by atoms with Crippen LogP contribution in [0.4, 0.5) is 4.39 Å². The molecule has 2 aromatic carbocycles. The first kappa shape index (κ1) is 20.3. The third-order valence-electron chi connectivity index (χ3n) is 4.32. The highest BCUT2D eigenvalue weighted by atomic mass is 19.1. The summed E-state index contributed by atoms with van der Waals surface area (Å²) < 4.78 is 25.0. The fraction of sp³-hybridized carbons (Fsp3) is 0.227. The van der Waals surface area contributed by atoms with Crippen LogP contribution in [0.3, 0.4) is 0 Å². The summed E-state index contributed by atoms with van der Waals surface area (Å²) >= 11 is 0. The second-order valence-electron chi connectivity index (χ2n) is 6.52. The van der Waals surface area contributed by atoms with Crippen LogP contribution in [0.2, 0.25) is 0 Å². The minimum absolute atomic E-state index is 0.0349. The highest BCUT2D eigenvalue weighted by molar-refractivity contribution is 5.90. The number of benzene rings is 2. The molecule has 150 valence electrons. The van der Waals surface area contributed by atoms with Crippen LogP contribution in [0.5, 0.6) is 5.75 Å². The Morgan fingerprint density at radius 2 is 1.83 bits per heavy atom. The Labute approximate surface area is 167 Å². The second kappa shape index (κ2) is 8.68. The molecule has 0 fully saturated rings. The molecule has 0 aliphatic rings. The first-order valence-electron chi connectivity index (χ1n) is 9.15. The molecular formula is C22H21FN2O4. The van der Waals surface area contributed by atoms with Gasteiger partial charge in [-0.15, -0.1) is 0 Å². The summed E-state index contributed by atoms with van der Waals surface area (Å²) in [6.45, 7) is 5.91. The molecule has 6 nitrogen and oxygen atoms in total. The van der Waals surface area contributed by atoms with Gasteiger partial charge in [0.2, 0.25) is 5.69 Å². The molecule has 0 radical (unpaired) electrons. The number of halogens is 1. The van der Waals surface area contributed by atoms with E-state index in [1.165, 1.54) is 30.3 Å². The van der Waals surface area contributed by atoms with Crippen LogP contribution in [-0.2, 0) is 11.3 Å². The van der Waals surface area contributed by atoms with Crippen LogP contribution in [0.15, 0.2) is 53.3 Å². The van der Waals surface area contributed by atoms with E-state index in [-0.39, 0.29) is 24.7 Å². The van der Waals surface area contributed by atoms with Crippen molar-refractivity contribution in [3.8, 4) is 11.4 Å². The molecule has 29 heavy (non-hydrogen) atoms. The molecule has 0 aliphatic carbocycles. The number of carbonyl (C=O) groups is 1. The number of ether oxygens (including phenoxy) is 2. The standard InChI is InChI=1S/C22H21FN2O4/c1-4-28-22(27)21-19(29-13-16-11-14(2)5-6-15(16)3)12-20(26)25(24-21)18-9-7-17(23)8-10-18/h5-12H,4,13H2,1-3H3. The van der Waals surface area contributed by atoms with Gasteiger partial charge in [0.15, 0.2) is 5.75 Å². The molecule has 0 saturated carbocycles.